The molecule has 0 unspecified atom stereocenters. The van der Waals surface area contributed by atoms with Gasteiger partial charge >= 0.3 is 12.3 Å². The highest BCUT2D eigenvalue weighted by Crippen LogP contribution is 2.24. The molecule has 1 aromatic carbocycles. The number of carboxylic acid groups (broad SMARTS) is 1. The number of amides is 1. The van der Waals surface area contributed by atoms with Crippen LogP contribution < -0.4 is 10.1 Å². The molecule has 0 atom stereocenters. The molecule has 1 rings (SSSR count). The maximum Gasteiger partial charge on any atom is 0.573 e. The van der Waals surface area contributed by atoms with Crippen molar-refractivity contribution in [2.45, 2.75) is 32.0 Å². The Labute approximate surface area is 118 Å². The number of rotatable bonds is 7. The molecule has 0 saturated carbocycles. The van der Waals surface area contributed by atoms with Gasteiger partial charge in [-0.3, -0.25) is 9.59 Å². The Morgan fingerprint density at radius 1 is 1.10 bits per heavy atom. The summed E-state index contributed by atoms with van der Waals surface area (Å²) in [5.41, 5.74) is 0.341. The van der Waals surface area contributed by atoms with Crippen molar-refractivity contribution >= 4 is 17.6 Å². The second-order valence-corrected chi connectivity index (χ2v) is 4.22. The number of carbonyl (C=O) groups excluding carboxylic acids is 1. The molecule has 0 fully saturated rings. The largest absolute Gasteiger partial charge is 0.573 e. The van der Waals surface area contributed by atoms with Crippen LogP contribution in [0.5, 0.6) is 5.75 Å². The summed E-state index contributed by atoms with van der Waals surface area (Å²) in [7, 11) is 0. The Bertz CT molecular complexity index is 485. The van der Waals surface area contributed by atoms with Gasteiger partial charge in [-0.1, -0.05) is 0 Å². The van der Waals surface area contributed by atoms with Gasteiger partial charge in [0.1, 0.15) is 5.75 Å². The Kier molecular flexibility index (Phi) is 6.01. The Hall–Kier alpha value is -2.25. The zero-order chi connectivity index (χ0) is 15.9. The number of aliphatic carboxylic acids is 1. The van der Waals surface area contributed by atoms with Gasteiger partial charge in [-0.15, -0.1) is 13.2 Å². The number of alkyl halides is 3. The smallest absolute Gasteiger partial charge is 0.481 e. The zero-order valence-electron chi connectivity index (χ0n) is 10.9. The number of nitrogens with one attached hydrogen (secondary N) is 1. The predicted molar refractivity (Wildman–Crippen MR) is 67.9 cm³/mol. The van der Waals surface area contributed by atoms with Crippen LogP contribution in [0.1, 0.15) is 25.7 Å². The molecule has 8 heteroatoms. The molecule has 0 spiro atoms. The lowest BCUT2D eigenvalue weighted by Crippen LogP contribution is -2.17. The number of halogens is 3. The molecule has 2 N–H and O–H groups in total. The normalized spacial score (nSPS) is 11.0. The van der Waals surface area contributed by atoms with Gasteiger partial charge < -0.3 is 15.2 Å². The van der Waals surface area contributed by atoms with Crippen LogP contribution in [-0.4, -0.2) is 23.3 Å². The highest BCUT2D eigenvalue weighted by Gasteiger charge is 2.30. The lowest BCUT2D eigenvalue weighted by Gasteiger charge is -2.09. The van der Waals surface area contributed by atoms with Crippen LogP contribution in [-0.2, 0) is 9.59 Å². The van der Waals surface area contributed by atoms with Crippen LogP contribution in [0, 0.1) is 0 Å². The van der Waals surface area contributed by atoms with E-state index in [-0.39, 0.29) is 24.5 Å². The molecule has 21 heavy (non-hydrogen) atoms. The van der Waals surface area contributed by atoms with Gasteiger partial charge in [0.2, 0.25) is 5.91 Å². The van der Waals surface area contributed by atoms with Crippen molar-refractivity contribution < 1.29 is 32.6 Å². The molecular weight excluding hydrogens is 291 g/mol. The van der Waals surface area contributed by atoms with Crippen LogP contribution in [0.15, 0.2) is 24.3 Å². The van der Waals surface area contributed by atoms with E-state index < -0.39 is 12.3 Å². The fourth-order valence-corrected chi connectivity index (χ4v) is 1.53. The standard InChI is InChI=1S/C13H14F3NO4/c14-13(15,16)21-10-7-5-9(6-8-10)17-11(18)3-1-2-4-12(19)20/h5-8H,1-4H2,(H,17,18)(H,19,20). The van der Waals surface area contributed by atoms with E-state index in [1.165, 1.54) is 12.1 Å². The Morgan fingerprint density at radius 3 is 2.19 bits per heavy atom. The molecule has 0 aliphatic heterocycles. The van der Waals surface area contributed by atoms with E-state index in [4.69, 9.17) is 5.11 Å². The van der Waals surface area contributed by atoms with Crippen molar-refractivity contribution in [3.63, 3.8) is 0 Å². The monoisotopic (exact) mass is 305 g/mol. The fourth-order valence-electron chi connectivity index (χ4n) is 1.53. The van der Waals surface area contributed by atoms with Crippen molar-refractivity contribution in [3.05, 3.63) is 24.3 Å². The van der Waals surface area contributed by atoms with Crippen LogP contribution in [0.4, 0.5) is 18.9 Å². The molecule has 0 aromatic heterocycles. The van der Waals surface area contributed by atoms with Crippen molar-refractivity contribution in [3.8, 4) is 5.75 Å². The lowest BCUT2D eigenvalue weighted by molar-refractivity contribution is -0.274. The summed E-state index contributed by atoms with van der Waals surface area (Å²) in [6.07, 6.45) is -3.80. The summed E-state index contributed by atoms with van der Waals surface area (Å²) in [4.78, 5) is 21.8. The van der Waals surface area contributed by atoms with Gasteiger partial charge in [0.25, 0.3) is 0 Å². The van der Waals surface area contributed by atoms with Crippen molar-refractivity contribution in [1.29, 1.82) is 0 Å². The number of unbranched alkanes of at least 4 members (excludes halogenated alkanes) is 1. The average Bonchev–Trinajstić information content (AvgIpc) is 2.35. The third kappa shape index (κ3) is 7.81. The minimum absolute atomic E-state index is 0.00322. The molecule has 0 radical (unpaired) electrons. The van der Waals surface area contributed by atoms with Gasteiger partial charge in [-0.05, 0) is 37.1 Å². The number of hydrogen-bond acceptors (Lipinski definition) is 3. The van der Waals surface area contributed by atoms with E-state index in [1.807, 2.05) is 0 Å². The van der Waals surface area contributed by atoms with Crippen molar-refractivity contribution in [2.24, 2.45) is 0 Å². The van der Waals surface area contributed by atoms with Crippen molar-refractivity contribution in [2.75, 3.05) is 5.32 Å². The fraction of sp³-hybridized carbons (Fsp3) is 0.385. The number of carbonyl (C=O) groups is 2. The summed E-state index contributed by atoms with van der Waals surface area (Å²) in [5.74, 6) is -1.62. The summed E-state index contributed by atoms with van der Waals surface area (Å²) in [6, 6.07) is 4.76. The van der Waals surface area contributed by atoms with E-state index in [1.54, 1.807) is 0 Å². The molecule has 0 bridgehead atoms. The van der Waals surface area contributed by atoms with E-state index in [2.05, 4.69) is 10.1 Å². The second-order valence-electron chi connectivity index (χ2n) is 4.22. The van der Waals surface area contributed by atoms with Crippen LogP contribution in [0.3, 0.4) is 0 Å². The van der Waals surface area contributed by atoms with Crippen molar-refractivity contribution in [1.82, 2.24) is 0 Å². The van der Waals surface area contributed by atoms with E-state index in [0.29, 0.717) is 18.5 Å². The SMILES string of the molecule is O=C(O)CCCCC(=O)Nc1ccc(OC(F)(F)F)cc1. The van der Waals surface area contributed by atoms with Gasteiger partial charge in [-0.25, -0.2) is 0 Å². The minimum atomic E-state index is -4.76. The van der Waals surface area contributed by atoms with Crippen LogP contribution in [0.2, 0.25) is 0 Å². The van der Waals surface area contributed by atoms with Gasteiger partial charge in [0.05, 0.1) is 0 Å². The highest BCUT2D eigenvalue weighted by atomic mass is 19.4. The first kappa shape index (κ1) is 16.8. The van der Waals surface area contributed by atoms with E-state index in [0.717, 1.165) is 12.1 Å². The summed E-state index contributed by atoms with van der Waals surface area (Å²) in [6.45, 7) is 0. The molecule has 0 heterocycles. The Morgan fingerprint density at radius 2 is 1.67 bits per heavy atom. The van der Waals surface area contributed by atoms with Gasteiger partial charge in [0.15, 0.2) is 0 Å². The Balaban J connectivity index is 2.37. The molecule has 0 aliphatic rings. The molecule has 5 nitrogen and oxygen atoms in total. The molecule has 0 saturated heterocycles. The van der Waals surface area contributed by atoms with Gasteiger partial charge in [0, 0.05) is 18.5 Å². The molecule has 1 amide bonds. The van der Waals surface area contributed by atoms with E-state index >= 15 is 0 Å². The third-order valence-corrected chi connectivity index (χ3v) is 2.42. The number of carboxylic acids is 1. The first-order chi connectivity index (χ1) is 9.76. The van der Waals surface area contributed by atoms with Crippen LogP contribution in [0.25, 0.3) is 0 Å². The highest BCUT2D eigenvalue weighted by molar-refractivity contribution is 5.90. The maximum atomic E-state index is 11.9. The topological polar surface area (TPSA) is 75.6 Å². The average molecular weight is 305 g/mol. The zero-order valence-corrected chi connectivity index (χ0v) is 10.9. The number of ether oxygens (including phenoxy) is 1. The van der Waals surface area contributed by atoms with E-state index in [9.17, 15) is 22.8 Å². The maximum absolute atomic E-state index is 11.9. The second kappa shape index (κ2) is 7.51. The lowest BCUT2D eigenvalue weighted by atomic mass is 10.2. The molecule has 1 aromatic rings. The first-order valence-corrected chi connectivity index (χ1v) is 6.14. The predicted octanol–water partition coefficient (Wildman–Crippen LogP) is 3.17. The summed E-state index contributed by atoms with van der Waals surface area (Å²) in [5, 5.41) is 10.9. The van der Waals surface area contributed by atoms with Gasteiger partial charge in [-0.2, -0.15) is 0 Å². The summed E-state index contributed by atoms with van der Waals surface area (Å²) >= 11 is 0. The molecular formula is C13H14F3NO4. The molecule has 116 valence electrons. The van der Waals surface area contributed by atoms with Crippen LogP contribution >= 0.6 is 0 Å². The number of anilines is 1. The molecule has 0 aliphatic carbocycles. The quantitative estimate of drug-likeness (QED) is 0.759. The summed E-state index contributed by atoms with van der Waals surface area (Å²) < 4.78 is 39.5. The first-order valence-electron chi connectivity index (χ1n) is 6.14. The number of benzene rings is 1. The minimum Gasteiger partial charge on any atom is -0.481 e. The third-order valence-electron chi connectivity index (χ3n) is 2.42. The number of hydrogen-bond donors (Lipinski definition) is 2.